The molecule has 0 aliphatic heterocycles. The Morgan fingerprint density at radius 1 is 1.03 bits per heavy atom. The number of hydrogen-bond donors (Lipinski definition) is 3. The van der Waals surface area contributed by atoms with E-state index in [0.29, 0.717) is 25.2 Å². The van der Waals surface area contributed by atoms with Gasteiger partial charge in [0.25, 0.3) is 5.91 Å². The smallest absolute Gasteiger partial charge is 0.251 e. The topological polar surface area (TPSA) is 85.4 Å². The molecule has 1 aromatic heterocycles. The summed E-state index contributed by atoms with van der Waals surface area (Å²) in [6.45, 7) is 1.66. The van der Waals surface area contributed by atoms with Crippen LogP contribution in [0.15, 0.2) is 71.9 Å². The maximum Gasteiger partial charge on any atom is 0.251 e. The maximum absolute atomic E-state index is 12.1. The minimum atomic E-state index is -0.0835. The van der Waals surface area contributed by atoms with Crippen molar-refractivity contribution in [3.8, 4) is 11.3 Å². The average Bonchev–Trinajstić information content (AvgIpc) is 3.23. The molecule has 30 heavy (non-hydrogen) atoms. The number of imidazole rings is 1. The molecule has 3 N–H and O–H groups in total. The fourth-order valence-electron chi connectivity index (χ4n) is 2.93. The third-order valence-corrected chi connectivity index (χ3v) is 4.40. The van der Waals surface area contributed by atoms with Gasteiger partial charge in [0, 0.05) is 32.7 Å². The first-order chi connectivity index (χ1) is 14.2. The average molecular weight is 518 g/mol. The number of carbonyl (C=O) groups excluding carboxylic acids is 1. The van der Waals surface area contributed by atoms with Crippen LogP contribution in [0.3, 0.4) is 0 Å². The number of benzene rings is 2. The number of hydrogen-bond acceptors (Lipinski definition) is 3. The van der Waals surface area contributed by atoms with E-state index < -0.39 is 0 Å². The minimum Gasteiger partial charge on any atom is -0.354 e. The molecular formula is C22H27IN6O. The molecule has 1 heterocycles. The fourth-order valence-corrected chi connectivity index (χ4v) is 2.93. The lowest BCUT2D eigenvalue weighted by Crippen LogP contribution is -2.42. The van der Waals surface area contributed by atoms with E-state index in [2.05, 4.69) is 25.6 Å². The highest BCUT2D eigenvalue weighted by molar-refractivity contribution is 14.0. The van der Waals surface area contributed by atoms with E-state index in [1.165, 1.54) is 0 Å². The monoisotopic (exact) mass is 518 g/mol. The van der Waals surface area contributed by atoms with E-state index in [4.69, 9.17) is 0 Å². The molecule has 0 fully saturated rings. The van der Waals surface area contributed by atoms with Crippen LogP contribution in [-0.4, -0.2) is 53.9 Å². The molecule has 7 nitrogen and oxygen atoms in total. The first kappa shape index (κ1) is 23.4. The van der Waals surface area contributed by atoms with Crippen molar-refractivity contribution in [2.75, 3.05) is 27.2 Å². The molecule has 0 saturated carbocycles. The van der Waals surface area contributed by atoms with Gasteiger partial charge in [-0.3, -0.25) is 9.79 Å². The molecule has 0 saturated heterocycles. The molecule has 0 aliphatic rings. The largest absolute Gasteiger partial charge is 0.354 e. The second kappa shape index (κ2) is 12.0. The first-order valence-corrected chi connectivity index (χ1v) is 9.51. The van der Waals surface area contributed by atoms with Crippen molar-refractivity contribution < 1.29 is 4.79 Å². The van der Waals surface area contributed by atoms with Gasteiger partial charge in [0.2, 0.25) is 0 Å². The molecule has 8 heteroatoms. The van der Waals surface area contributed by atoms with Gasteiger partial charge in [-0.15, -0.1) is 24.0 Å². The summed E-state index contributed by atoms with van der Waals surface area (Å²) in [4.78, 5) is 26.2. The summed E-state index contributed by atoms with van der Waals surface area (Å²) in [6.07, 6.45) is 1.84. The Morgan fingerprint density at radius 2 is 1.67 bits per heavy atom. The zero-order valence-electron chi connectivity index (χ0n) is 17.1. The number of aromatic nitrogens is 2. The van der Waals surface area contributed by atoms with Gasteiger partial charge in [-0.25, -0.2) is 4.98 Å². The first-order valence-electron chi connectivity index (χ1n) is 9.51. The van der Waals surface area contributed by atoms with Crippen LogP contribution < -0.4 is 10.6 Å². The predicted octanol–water partition coefficient (Wildman–Crippen LogP) is 3.13. The van der Waals surface area contributed by atoms with Crippen LogP contribution >= 0.6 is 24.0 Å². The number of amides is 1. The molecule has 0 atom stereocenters. The van der Waals surface area contributed by atoms with E-state index in [-0.39, 0.29) is 29.9 Å². The number of rotatable bonds is 7. The van der Waals surface area contributed by atoms with Gasteiger partial charge in [0.05, 0.1) is 18.4 Å². The van der Waals surface area contributed by atoms with E-state index in [9.17, 15) is 4.79 Å². The molecule has 0 unspecified atom stereocenters. The summed E-state index contributed by atoms with van der Waals surface area (Å²) in [5.74, 6) is 1.50. The number of carbonyl (C=O) groups is 1. The predicted molar refractivity (Wildman–Crippen MR) is 131 cm³/mol. The molecule has 2 aromatic carbocycles. The molecule has 158 valence electrons. The van der Waals surface area contributed by atoms with Crippen LogP contribution in [0.25, 0.3) is 11.3 Å². The third kappa shape index (κ3) is 6.58. The van der Waals surface area contributed by atoms with Crippen molar-refractivity contribution in [1.29, 1.82) is 0 Å². The lowest BCUT2D eigenvalue weighted by molar-refractivity contribution is 0.0954. The van der Waals surface area contributed by atoms with Crippen molar-refractivity contribution in [1.82, 2.24) is 25.5 Å². The second-order valence-electron chi connectivity index (χ2n) is 6.56. The van der Waals surface area contributed by atoms with Gasteiger partial charge in [-0.1, -0.05) is 48.5 Å². The van der Waals surface area contributed by atoms with Gasteiger partial charge in [-0.05, 0) is 17.7 Å². The highest BCUT2D eigenvalue weighted by Crippen LogP contribution is 2.16. The quantitative estimate of drug-likeness (QED) is 0.194. The Labute approximate surface area is 194 Å². The Balaban J connectivity index is 0.00000320. The highest BCUT2D eigenvalue weighted by Gasteiger charge is 2.10. The van der Waals surface area contributed by atoms with Crippen molar-refractivity contribution in [2.24, 2.45) is 4.99 Å². The number of nitrogens with one attached hydrogen (secondary N) is 3. The Morgan fingerprint density at radius 3 is 2.33 bits per heavy atom. The van der Waals surface area contributed by atoms with E-state index in [0.717, 1.165) is 23.0 Å². The van der Waals surface area contributed by atoms with Crippen LogP contribution in [0.5, 0.6) is 0 Å². The number of halogens is 1. The van der Waals surface area contributed by atoms with Gasteiger partial charge in [-0.2, -0.15) is 0 Å². The van der Waals surface area contributed by atoms with Gasteiger partial charge >= 0.3 is 0 Å². The van der Waals surface area contributed by atoms with Crippen LogP contribution in [-0.2, 0) is 6.54 Å². The van der Waals surface area contributed by atoms with Crippen LogP contribution in [0, 0.1) is 0 Å². The van der Waals surface area contributed by atoms with E-state index in [1.807, 2.05) is 66.7 Å². The van der Waals surface area contributed by atoms with E-state index in [1.54, 1.807) is 19.2 Å². The Bertz CT molecular complexity index is 943. The summed E-state index contributed by atoms with van der Waals surface area (Å²) in [7, 11) is 3.68. The van der Waals surface area contributed by atoms with E-state index >= 15 is 0 Å². The van der Waals surface area contributed by atoms with Crippen LogP contribution in [0.4, 0.5) is 0 Å². The molecule has 3 rings (SSSR count). The summed E-state index contributed by atoms with van der Waals surface area (Å²) in [6, 6.07) is 19.3. The summed E-state index contributed by atoms with van der Waals surface area (Å²) in [5.41, 5.74) is 2.74. The molecule has 0 spiro atoms. The standard InChI is InChI=1S/C22H26N6O.HI/c1-23-22(25-14-13-24-21(29)18-11-7-4-8-12-18)28(2)16-20-26-15-19(27-20)17-9-5-3-6-10-17;/h3-12,15H,13-14,16H2,1-2H3,(H,23,25)(H,24,29)(H,26,27);1H. The van der Waals surface area contributed by atoms with Gasteiger partial charge < -0.3 is 20.5 Å². The molecule has 1 amide bonds. The third-order valence-electron chi connectivity index (χ3n) is 4.40. The number of nitrogens with zero attached hydrogens (tertiary/aromatic N) is 3. The van der Waals surface area contributed by atoms with Gasteiger partial charge in [0.1, 0.15) is 5.82 Å². The molecule has 0 aliphatic carbocycles. The number of aromatic amines is 1. The summed E-state index contributed by atoms with van der Waals surface area (Å²) < 4.78 is 0. The minimum absolute atomic E-state index is 0. The zero-order chi connectivity index (χ0) is 20.5. The lowest BCUT2D eigenvalue weighted by Gasteiger charge is -2.21. The number of aliphatic imine (C=N–C) groups is 1. The fraction of sp³-hybridized carbons (Fsp3) is 0.227. The number of H-pyrrole nitrogens is 1. The van der Waals surface area contributed by atoms with Crippen LogP contribution in [0.2, 0.25) is 0 Å². The lowest BCUT2D eigenvalue weighted by atomic mass is 10.2. The Kier molecular flexibility index (Phi) is 9.33. The van der Waals surface area contributed by atoms with Crippen molar-refractivity contribution >= 4 is 35.8 Å². The van der Waals surface area contributed by atoms with Crippen molar-refractivity contribution in [2.45, 2.75) is 6.54 Å². The highest BCUT2D eigenvalue weighted by atomic mass is 127. The zero-order valence-corrected chi connectivity index (χ0v) is 19.5. The summed E-state index contributed by atoms with van der Waals surface area (Å²) in [5, 5.41) is 6.15. The number of guanidine groups is 1. The molecular weight excluding hydrogens is 491 g/mol. The van der Waals surface area contributed by atoms with Crippen molar-refractivity contribution in [3.63, 3.8) is 0 Å². The maximum atomic E-state index is 12.1. The normalized spacial score (nSPS) is 10.8. The molecule has 3 aromatic rings. The second-order valence-corrected chi connectivity index (χ2v) is 6.56. The SMILES string of the molecule is CN=C(NCCNC(=O)c1ccccc1)N(C)Cc1ncc(-c2ccccc2)[nH]1.I. The molecule has 0 radical (unpaired) electrons. The van der Waals surface area contributed by atoms with Crippen molar-refractivity contribution in [3.05, 3.63) is 78.2 Å². The Hall–Kier alpha value is -2.88. The van der Waals surface area contributed by atoms with Gasteiger partial charge in [0.15, 0.2) is 5.96 Å². The van der Waals surface area contributed by atoms with Crippen LogP contribution in [0.1, 0.15) is 16.2 Å². The molecule has 0 bridgehead atoms. The summed E-state index contributed by atoms with van der Waals surface area (Å²) >= 11 is 0.